The molecule has 0 bridgehead atoms. The second-order valence-electron chi connectivity index (χ2n) is 5.88. The summed E-state index contributed by atoms with van der Waals surface area (Å²) < 4.78 is 0. The summed E-state index contributed by atoms with van der Waals surface area (Å²) in [4.78, 5) is 27.8. The third-order valence-electron chi connectivity index (χ3n) is 4.31. The summed E-state index contributed by atoms with van der Waals surface area (Å²) in [5, 5.41) is 3.61. The first-order chi connectivity index (χ1) is 11.0. The first kappa shape index (κ1) is 17.8. The Morgan fingerprint density at radius 1 is 1.22 bits per heavy atom. The van der Waals surface area contributed by atoms with E-state index in [1.807, 2.05) is 36.1 Å². The zero-order valence-electron chi connectivity index (χ0n) is 13.7. The SMILES string of the molecule is CC(=O)N1CCCN(C(C)C(=O)NCc2ccccc2Cl)CC1. The standard InChI is InChI=1S/C17H24ClN3O2/c1-13(20-8-5-9-21(11-10-20)14(2)22)17(23)19-12-15-6-3-4-7-16(15)18/h3-4,6-7,13H,5,8-12H2,1-2H3,(H,19,23). The van der Waals surface area contributed by atoms with Crippen molar-refractivity contribution in [2.75, 3.05) is 26.2 Å². The van der Waals surface area contributed by atoms with Crippen LogP contribution in [0.5, 0.6) is 0 Å². The molecule has 1 saturated heterocycles. The maximum Gasteiger partial charge on any atom is 0.237 e. The van der Waals surface area contributed by atoms with Crippen molar-refractivity contribution in [1.82, 2.24) is 15.1 Å². The number of halogens is 1. The highest BCUT2D eigenvalue weighted by molar-refractivity contribution is 6.31. The highest BCUT2D eigenvalue weighted by atomic mass is 35.5. The minimum atomic E-state index is -0.218. The van der Waals surface area contributed by atoms with E-state index in [0.29, 0.717) is 18.1 Å². The number of carbonyl (C=O) groups is 2. The second-order valence-corrected chi connectivity index (χ2v) is 6.29. The normalized spacial score (nSPS) is 17.4. The molecular weight excluding hydrogens is 314 g/mol. The lowest BCUT2D eigenvalue weighted by Crippen LogP contribution is -2.46. The number of nitrogens with one attached hydrogen (secondary N) is 1. The van der Waals surface area contributed by atoms with Crippen LogP contribution in [0.1, 0.15) is 25.8 Å². The molecular formula is C17H24ClN3O2. The monoisotopic (exact) mass is 337 g/mol. The van der Waals surface area contributed by atoms with Crippen molar-refractivity contribution >= 4 is 23.4 Å². The second kappa shape index (κ2) is 8.31. The number of hydrogen-bond acceptors (Lipinski definition) is 3. The number of hydrogen-bond donors (Lipinski definition) is 1. The molecule has 1 N–H and O–H groups in total. The van der Waals surface area contributed by atoms with Crippen LogP contribution < -0.4 is 5.32 Å². The lowest BCUT2D eigenvalue weighted by atomic mass is 10.2. The molecule has 1 heterocycles. The van der Waals surface area contributed by atoms with Gasteiger partial charge < -0.3 is 10.2 Å². The van der Waals surface area contributed by atoms with Crippen LogP contribution in [-0.4, -0.2) is 53.8 Å². The molecule has 1 atom stereocenters. The number of benzene rings is 1. The molecule has 0 aromatic heterocycles. The van der Waals surface area contributed by atoms with Gasteiger partial charge in [0.25, 0.3) is 0 Å². The fourth-order valence-corrected chi connectivity index (χ4v) is 2.98. The lowest BCUT2D eigenvalue weighted by Gasteiger charge is -2.26. The van der Waals surface area contributed by atoms with Crippen LogP contribution in [0.2, 0.25) is 5.02 Å². The Balaban J connectivity index is 1.87. The first-order valence-corrected chi connectivity index (χ1v) is 8.37. The van der Waals surface area contributed by atoms with Gasteiger partial charge in [-0.2, -0.15) is 0 Å². The Morgan fingerprint density at radius 3 is 2.65 bits per heavy atom. The molecule has 1 aliphatic heterocycles. The van der Waals surface area contributed by atoms with E-state index in [-0.39, 0.29) is 17.9 Å². The van der Waals surface area contributed by atoms with Gasteiger partial charge in [-0.05, 0) is 25.0 Å². The molecule has 1 aliphatic rings. The average molecular weight is 338 g/mol. The quantitative estimate of drug-likeness (QED) is 0.913. The summed E-state index contributed by atoms with van der Waals surface area (Å²) >= 11 is 6.10. The zero-order valence-corrected chi connectivity index (χ0v) is 14.5. The van der Waals surface area contributed by atoms with E-state index in [2.05, 4.69) is 10.2 Å². The molecule has 2 rings (SSSR count). The van der Waals surface area contributed by atoms with Crippen LogP contribution >= 0.6 is 11.6 Å². The summed E-state index contributed by atoms with van der Waals surface area (Å²) in [6, 6.07) is 7.28. The molecule has 1 aromatic rings. The Hall–Kier alpha value is -1.59. The Labute approximate surface area is 142 Å². The van der Waals surface area contributed by atoms with Crippen LogP contribution in [0.3, 0.4) is 0 Å². The van der Waals surface area contributed by atoms with Crippen LogP contribution in [0.25, 0.3) is 0 Å². The van der Waals surface area contributed by atoms with Crippen LogP contribution in [-0.2, 0) is 16.1 Å². The van der Waals surface area contributed by atoms with Crippen LogP contribution in [0.4, 0.5) is 0 Å². The minimum absolute atomic E-state index is 0.0128. The molecule has 1 aromatic carbocycles. The van der Waals surface area contributed by atoms with E-state index in [0.717, 1.165) is 31.6 Å². The molecule has 1 unspecified atom stereocenters. The van der Waals surface area contributed by atoms with Crippen molar-refractivity contribution in [3.8, 4) is 0 Å². The molecule has 6 heteroatoms. The van der Waals surface area contributed by atoms with Gasteiger partial charge in [-0.15, -0.1) is 0 Å². The van der Waals surface area contributed by atoms with E-state index in [9.17, 15) is 9.59 Å². The topological polar surface area (TPSA) is 52.7 Å². The van der Waals surface area contributed by atoms with Gasteiger partial charge in [0.2, 0.25) is 11.8 Å². The van der Waals surface area contributed by atoms with Gasteiger partial charge in [0.15, 0.2) is 0 Å². The van der Waals surface area contributed by atoms with Gasteiger partial charge in [0.1, 0.15) is 0 Å². The molecule has 0 aliphatic carbocycles. The Morgan fingerprint density at radius 2 is 1.96 bits per heavy atom. The minimum Gasteiger partial charge on any atom is -0.351 e. The van der Waals surface area contributed by atoms with Gasteiger partial charge in [0.05, 0.1) is 6.04 Å². The smallest absolute Gasteiger partial charge is 0.237 e. The van der Waals surface area contributed by atoms with Crippen molar-refractivity contribution in [2.45, 2.75) is 32.9 Å². The van der Waals surface area contributed by atoms with Crippen molar-refractivity contribution in [1.29, 1.82) is 0 Å². The average Bonchev–Trinajstić information content (AvgIpc) is 2.79. The number of amides is 2. The Bertz CT molecular complexity index is 565. The highest BCUT2D eigenvalue weighted by Crippen LogP contribution is 2.14. The highest BCUT2D eigenvalue weighted by Gasteiger charge is 2.24. The molecule has 1 fully saturated rings. The molecule has 0 saturated carbocycles. The van der Waals surface area contributed by atoms with Gasteiger partial charge in [-0.3, -0.25) is 14.5 Å². The van der Waals surface area contributed by atoms with Crippen molar-refractivity contribution in [2.24, 2.45) is 0 Å². The largest absolute Gasteiger partial charge is 0.351 e. The predicted octanol–water partition coefficient (Wildman–Crippen LogP) is 1.90. The Kier molecular flexibility index (Phi) is 6.42. The zero-order chi connectivity index (χ0) is 16.8. The van der Waals surface area contributed by atoms with E-state index in [4.69, 9.17) is 11.6 Å². The van der Waals surface area contributed by atoms with Crippen LogP contribution in [0, 0.1) is 0 Å². The fourth-order valence-electron chi connectivity index (χ4n) is 2.78. The maximum absolute atomic E-state index is 12.4. The number of nitrogens with zero attached hydrogens (tertiary/aromatic N) is 2. The van der Waals surface area contributed by atoms with Gasteiger partial charge >= 0.3 is 0 Å². The summed E-state index contributed by atoms with van der Waals surface area (Å²) in [6.45, 7) is 6.92. The predicted molar refractivity (Wildman–Crippen MR) is 91.2 cm³/mol. The molecule has 0 radical (unpaired) electrons. The van der Waals surface area contributed by atoms with E-state index in [1.54, 1.807) is 6.92 Å². The third-order valence-corrected chi connectivity index (χ3v) is 4.68. The molecule has 23 heavy (non-hydrogen) atoms. The van der Waals surface area contributed by atoms with E-state index >= 15 is 0 Å². The van der Waals surface area contributed by atoms with E-state index in [1.165, 1.54) is 0 Å². The molecule has 0 spiro atoms. The maximum atomic E-state index is 12.4. The van der Waals surface area contributed by atoms with Crippen molar-refractivity contribution in [3.05, 3.63) is 34.9 Å². The molecule has 126 valence electrons. The third kappa shape index (κ3) is 4.94. The summed E-state index contributed by atoms with van der Waals surface area (Å²) in [7, 11) is 0. The van der Waals surface area contributed by atoms with Crippen molar-refractivity contribution < 1.29 is 9.59 Å². The van der Waals surface area contributed by atoms with Gasteiger partial charge in [-0.25, -0.2) is 0 Å². The van der Waals surface area contributed by atoms with Gasteiger partial charge in [0, 0.05) is 44.7 Å². The summed E-state index contributed by atoms with van der Waals surface area (Å²) in [6.07, 6.45) is 0.891. The number of carbonyl (C=O) groups excluding carboxylic acids is 2. The number of rotatable bonds is 4. The van der Waals surface area contributed by atoms with Crippen molar-refractivity contribution in [3.63, 3.8) is 0 Å². The van der Waals surface area contributed by atoms with Crippen LogP contribution in [0.15, 0.2) is 24.3 Å². The lowest BCUT2D eigenvalue weighted by molar-refractivity contribution is -0.128. The molecule has 2 amide bonds. The first-order valence-electron chi connectivity index (χ1n) is 7.99. The fraction of sp³-hybridized carbons (Fsp3) is 0.529. The van der Waals surface area contributed by atoms with Gasteiger partial charge in [-0.1, -0.05) is 29.8 Å². The van der Waals surface area contributed by atoms with E-state index < -0.39 is 0 Å². The summed E-state index contributed by atoms with van der Waals surface area (Å²) in [5.74, 6) is 0.0869. The molecule has 5 nitrogen and oxygen atoms in total. The summed E-state index contributed by atoms with van der Waals surface area (Å²) in [5.41, 5.74) is 0.910.